The summed E-state index contributed by atoms with van der Waals surface area (Å²) in [5.41, 5.74) is 1.14. The Balaban J connectivity index is 0.00000364. The van der Waals surface area contributed by atoms with E-state index in [1.807, 2.05) is 12.1 Å². The second kappa shape index (κ2) is 12.4. The van der Waals surface area contributed by atoms with Gasteiger partial charge in [-0.1, -0.05) is 0 Å². The van der Waals surface area contributed by atoms with E-state index >= 15 is 0 Å². The van der Waals surface area contributed by atoms with Gasteiger partial charge < -0.3 is 15.4 Å². The molecule has 1 aliphatic rings. The molecule has 1 fully saturated rings. The zero-order valence-electron chi connectivity index (χ0n) is 17.4. The minimum Gasteiger partial charge on any atom is -0.477 e. The molecule has 0 aromatic carbocycles. The van der Waals surface area contributed by atoms with Crippen LogP contribution >= 0.6 is 24.0 Å². The van der Waals surface area contributed by atoms with E-state index < -0.39 is 0 Å². The summed E-state index contributed by atoms with van der Waals surface area (Å²) in [4.78, 5) is 11.1. The first kappa shape index (κ1) is 23.9. The van der Waals surface area contributed by atoms with E-state index in [4.69, 9.17) is 4.74 Å². The Morgan fingerprint density at radius 1 is 1.26 bits per heavy atom. The lowest BCUT2D eigenvalue weighted by molar-refractivity contribution is 0.178. The lowest BCUT2D eigenvalue weighted by Gasteiger charge is -2.30. The Hall–Kier alpha value is -1.09. The van der Waals surface area contributed by atoms with E-state index in [0.717, 1.165) is 37.1 Å². The Morgan fingerprint density at radius 2 is 1.96 bits per heavy atom. The molecule has 0 unspecified atom stereocenters. The molecule has 1 aromatic rings. The number of hydrogen-bond donors (Lipinski definition) is 2. The molecule has 2 rings (SSSR count). The molecule has 2 N–H and O–H groups in total. The molecular weight excluding hydrogens is 453 g/mol. The SMILES string of the molecule is CN=C(NCCN(C(C)C)C(C)C)NCc1ccnc(OCC2CC2)c1.I. The van der Waals surface area contributed by atoms with Crippen LogP contribution in [0.4, 0.5) is 0 Å². The second-order valence-electron chi connectivity index (χ2n) is 7.53. The number of aliphatic imine (C=N–C) groups is 1. The Labute approximate surface area is 181 Å². The van der Waals surface area contributed by atoms with Crippen molar-refractivity contribution < 1.29 is 4.74 Å². The molecule has 154 valence electrons. The average molecular weight is 489 g/mol. The predicted octanol–water partition coefficient (Wildman–Crippen LogP) is 3.27. The molecule has 7 heteroatoms. The van der Waals surface area contributed by atoms with E-state index in [2.05, 4.69) is 53.2 Å². The highest BCUT2D eigenvalue weighted by molar-refractivity contribution is 14.0. The smallest absolute Gasteiger partial charge is 0.213 e. The minimum atomic E-state index is 0. The van der Waals surface area contributed by atoms with Crippen LogP contribution < -0.4 is 15.4 Å². The Morgan fingerprint density at radius 3 is 2.56 bits per heavy atom. The summed E-state index contributed by atoms with van der Waals surface area (Å²) in [5.74, 6) is 2.26. The van der Waals surface area contributed by atoms with E-state index in [0.29, 0.717) is 24.5 Å². The van der Waals surface area contributed by atoms with Gasteiger partial charge in [-0.3, -0.25) is 9.89 Å². The van der Waals surface area contributed by atoms with Crippen LogP contribution in [0, 0.1) is 5.92 Å². The van der Waals surface area contributed by atoms with Gasteiger partial charge in [0.2, 0.25) is 5.88 Å². The number of guanidine groups is 1. The van der Waals surface area contributed by atoms with Crippen molar-refractivity contribution >= 4 is 29.9 Å². The maximum absolute atomic E-state index is 5.75. The molecule has 0 radical (unpaired) electrons. The van der Waals surface area contributed by atoms with Gasteiger partial charge in [0.15, 0.2) is 5.96 Å². The zero-order valence-corrected chi connectivity index (χ0v) is 19.7. The molecule has 1 heterocycles. The molecule has 0 saturated heterocycles. The quantitative estimate of drug-likeness (QED) is 0.300. The summed E-state index contributed by atoms with van der Waals surface area (Å²) in [6.45, 7) is 12.3. The molecule has 1 aliphatic carbocycles. The minimum absolute atomic E-state index is 0. The summed E-state index contributed by atoms with van der Waals surface area (Å²) in [5, 5.41) is 6.75. The molecule has 0 bridgehead atoms. The van der Waals surface area contributed by atoms with Gasteiger partial charge in [-0.15, -0.1) is 24.0 Å². The van der Waals surface area contributed by atoms with Gasteiger partial charge in [0.05, 0.1) is 6.61 Å². The van der Waals surface area contributed by atoms with Crippen molar-refractivity contribution in [2.24, 2.45) is 10.9 Å². The molecular formula is C20H36IN5O. The van der Waals surface area contributed by atoms with Crippen LogP contribution in [0.3, 0.4) is 0 Å². The van der Waals surface area contributed by atoms with Gasteiger partial charge in [0.1, 0.15) is 0 Å². The first-order chi connectivity index (χ1) is 12.5. The van der Waals surface area contributed by atoms with Crippen LogP contribution in [0.25, 0.3) is 0 Å². The number of hydrogen-bond acceptors (Lipinski definition) is 4. The van der Waals surface area contributed by atoms with Gasteiger partial charge in [-0.25, -0.2) is 4.98 Å². The van der Waals surface area contributed by atoms with Crippen molar-refractivity contribution in [3.63, 3.8) is 0 Å². The number of nitrogens with zero attached hydrogens (tertiary/aromatic N) is 3. The second-order valence-corrected chi connectivity index (χ2v) is 7.53. The van der Waals surface area contributed by atoms with Crippen LogP contribution in [0.5, 0.6) is 5.88 Å². The summed E-state index contributed by atoms with van der Waals surface area (Å²) in [7, 11) is 1.80. The standard InChI is InChI=1S/C20H35N5O.HI/c1-15(2)25(16(3)4)11-10-23-20(21-5)24-13-18-8-9-22-19(12-18)26-14-17-6-7-17;/h8-9,12,15-17H,6-7,10-11,13-14H2,1-5H3,(H2,21,23,24);1H. The normalized spacial score (nSPS) is 14.4. The maximum atomic E-state index is 5.75. The number of aromatic nitrogens is 1. The average Bonchev–Trinajstić information content (AvgIpc) is 3.43. The van der Waals surface area contributed by atoms with Crippen molar-refractivity contribution in [1.29, 1.82) is 0 Å². The van der Waals surface area contributed by atoms with Gasteiger partial charge >= 0.3 is 0 Å². The summed E-state index contributed by atoms with van der Waals surface area (Å²) in [6.07, 6.45) is 4.38. The van der Waals surface area contributed by atoms with E-state index in [1.165, 1.54) is 12.8 Å². The number of ether oxygens (including phenoxy) is 1. The van der Waals surface area contributed by atoms with E-state index in [-0.39, 0.29) is 24.0 Å². The zero-order chi connectivity index (χ0) is 18.9. The predicted molar refractivity (Wildman–Crippen MR) is 123 cm³/mol. The molecule has 27 heavy (non-hydrogen) atoms. The molecule has 0 amide bonds. The summed E-state index contributed by atoms with van der Waals surface area (Å²) >= 11 is 0. The van der Waals surface area contributed by atoms with Gasteiger partial charge in [-0.2, -0.15) is 0 Å². The topological polar surface area (TPSA) is 61.8 Å². The first-order valence-corrected chi connectivity index (χ1v) is 9.77. The van der Waals surface area contributed by atoms with Gasteiger partial charge in [-0.05, 0) is 58.1 Å². The van der Waals surface area contributed by atoms with Gasteiger partial charge in [0, 0.05) is 51.0 Å². The third-order valence-electron chi connectivity index (χ3n) is 4.64. The summed E-state index contributed by atoms with van der Waals surface area (Å²) < 4.78 is 5.75. The highest BCUT2D eigenvalue weighted by atomic mass is 127. The Bertz CT molecular complexity index is 567. The molecule has 6 nitrogen and oxygen atoms in total. The molecule has 0 aliphatic heterocycles. The number of pyridine rings is 1. The fourth-order valence-corrected chi connectivity index (χ4v) is 2.95. The van der Waals surface area contributed by atoms with Crippen LogP contribution in [0.2, 0.25) is 0 Å². The fraction of sp³-hybridized carbons (Fsp3) is 0.700. The molecule has 1 aromatic heterocycles. The lowest BCUT2D eigenvalue weighted by Crippen LogP contribution is -2.45. The lowest BCUT2D eigenvalue weighted by atomic mass is 10.2. The third kappa shape index (κ3) is 9.10. The largest absolute Gasteiger partial charge is 0.477 e. The fourth-order valence-electron chi connectivity index (χ4n) is 2.95. The van der Waals surface area contributed by atoms with Crippen LogP contribution in [-0.4, -0.2) is 54.7 Å². The van der Waals surface area contributed by atoms with Crippen molar-refractivity contribution in [1.82, 2.24) is 20.5 Å². The number of nitrogens with one attached hydrogen (secondary N) is 2. The van der Waals surface area contributed by atoms with Crippen LogP contribution in [0.15, 0.2) is 23.3 Å². The van der Waals surface area contributed by atoms with Crippen LogP contribution in [0.1, 0.15) is 46.1 Å². The number of rotatable bonds is 10. The summed E-state index contributed by atoms with van der Waals surface area (Å²) in [6, 6.07) is 5.08. The Kier molecular flexibility index (Phi) is 11.0. The van der Waals surface area contributed by atoms with Crippen molar-refractivity contribution in [2.75, 3.05) is 26.7 Å². The molecule has 0 spiro atoms. The monoisotopic (exact) mass is 489 g/mol. The maximum Gasteiger partial charge on any atom is 0.213 e. The third-order valence-corrected chi connectivity index (χ3v) is 4.64. The number of halogens is 1. The van der Waals surface area contributed by atoms with Crippen molar-refractivity contribution in [3.05, 3.63) is 23.9 Å². The van der Waals surface area contributed by atoms with Crippen LogP contribution in [-0.2, 0) is 6.54 Å². The first-order valence-electron chi connectivity index (χ1n) is 9.77. The highest BCUT2D eigenvalue weighted by Crippen LogP contribution is 2.29. The van der Waals surface area contributed by atoms with E-state index in [1.54, 1.807) is 13.2 Å². The van der Waals surface area contributed by atoms with E-state index in [9.17, 15) is 0 Å². The van der Waals surface area contributed by atoms with Gasteiger partial charge in [0.25, 0.3) is 0 Å². The molecule has 1 saturated carbocycles. The van der Waals surface area contributed by atoms with Crippen molar-refractivity contribution in [3.8, 4) is 5.88 Å². The van der Waals surface area contributed by atoms with Crippen molar-refractivity contribution in [2.45, 2.75) is 59.2 Å². The molecule has 0 atom stereocenters. The highest BCUT2D eigenvalue weighted by Gasteiger charge is 2.22.